The minimum atomic E-state index is -1.27. The first kappa shape index (κ1) is 32.9. The molecular formula is C35H42BrN3O6. The van der Waals surface area contributed by atoms with Crippen molar-refractivity contribution in [2.75, 3.05) is 36.1 Å². The van der Waals surface area contributed by atoms with Crippen molar-refractivity contribution in [2.45, 2.75) is 62.7 Å². The standard InChI is InChI=1S/C35H42BrN3O6/c1-7-16-37(24-12-14-25(15-13-24)44-9-3)32(41)28-29-33(42)39(23(6)20-40)31(35(29)19-26(36)30(28)45-35)34(43)38(17-8-2)27-18-21(4)10-11-22(27)5/h7-8,10-15,18,23,26,28-31,40H,1-2,9,16-17,19-20H2,3-6H3/t23-,26?,28+,29+,30+,31?,35?/m1/s1. The molecule has 3 amide bonds. The summed E-state index contributed by atoms with van der Waals surface area (Å²) in [5.41, 5.74) is 1.96. The second-order valence-electron chi connectivity index (χ2n) is 12.1. The van der Waals surface area contributed by atoms with Gasteiger partial charge in [0.2, 0.25) is 11.8 Å². The van der Waals surface area contributed by atoms with Crippen molar-refractivity contribution >= 4 is 45.0 Å². The van der Waals surface area contributed by atoms with E-state index < -0.39 is 35.6 Å². The molecule has 9 nitrogen and oxygen atoms in total. The molecule has 1 spiro atoms. The molecule has 240 valence electrons. The van der Waals surface area contributed by atoms with E-state index in [2.05, 4.69) is 29.1 Å². The number of likely N-dealkylation sites (tertiary alicyclic amines) is 1. The Labute approximate surface area is 273 Å². The lowest BCUT2D eigenvalue weighted by Crippen LogP contribution is -2.59. The summed E-state index contributed by atoms with van der Waals surface area (Å²) in [6.45, 7) is 15.9. The van der Waals surface area contributed by atoms with Gasteiger partial charge in [-0.15, -0.1) is 13.2 Å². The lowest BCUT2D eigenvalue weighted by molar-refractivity contribution is -0.143. The summed E-state index contributed by atoms with van der Waals surface area (Å²) in [6, 6.07) is 11.4. The maximum Gasteiger partial charge on any atom is 0.253 e. The average molecular weight is 681 g/mol. The SMILES string of the molecule is C=CCN(C(=O)[C@H]1[C@H]2C(=O)N([C@H](C)CO)C(C(=O)N(CC=C)c3cc(C)ccc3C)C23CC(Br)[C@@H]1O3)c1ccc(OCC)cc1. The van der Waals surface area contributed by atoms with E-state index in [1.165, 1.54) is 4.90 Å². The Balaban J connectivity index is 1.59. The highest BCUT2D eigenvalue weighted by Gasteiger charge is 2.77. The number of fused-ring (bicyclic) bond motifs is 1. The number of carbonyl (C=O) groups excluding carboxylic acids is 3. The van der Waals surface area contributed by atoms with Crippen LogP contribution < -0.4 is 14.5 Å². The maximum absolute atomic E-state index is 14.8. The third-order valence-corrected chi connectivity index (χ3v) is 10.1. The molecule has 7 atom stereocenters. The molecule has 0 radical (unpaired) electrons. The van der Waals surface area contributed by atoms with Gasteiger partial charge in [0.05, 0.1) is 37.2 Å². The van der Waals surface area contributed by atoms with Gasteiger partial charge in [0, 0.05) is 29.3 Å². The Bertz CT molecular complexity index is 1480. The number of alkyl halides is 1. The summed E-state index contributed by atoms with van der Waals surface area (Å²) in [5, 5.41) is 10.3. The molecule has 2 aromatic rings. The van der Waals surface area contributed by atoms with E-state index in [-0.39, 0.29) is 42.2 Å². The second-order valence-corrected chi connectivity index (χ2v) is 13.3. The molecule has 0 aromatic heterocycles. The molecule has 2 aromatic carbocycles. The normalized spacial score (nSPS) is 27.2. The Hall–Kier alpha value is -3.47. The van der Waals surface area contributed by atoms with Crippen LogP contribution in [0.4, 0.5) is 11.4 Å². The van der Waals surface area contributed by atoms with E-state index in [1.807, 2.05) is 51.1 Å². The van der Waals surface area contributed by atoms with E-state index in [4.69, 9.17) is 9.47 Å². The second kappa shape index (κ2) is 13.1. The van der Waals surface area contributed by atoms with Gasteiger partial charge in [-0.2, -0.15) is 0 Å². The number of rotatable bonds is 12. The summed E-state index contributed by atoms with van der Waals surface area (Å²) >= 11 is 3.76. The van der Waals surface area contributed by atoms with Gasteiger partial charge in [-0.1, -0.05) is 40.2 Å². The molecule has 1 N–H and O–H groups in total. The van der Waals surface area contributed by atoms with Gasteiger partial charge >= 0.3 is 0 Å². The molecule has 3 aliphatic heterocycles. The predicted octanol–water partition coefficient (Wildman–Crippen LogP) is 4.57. The van der Waals surface area contributed by atoms with Crippen molar-refractivity contribution in [3.8, 4) is 5.75 Å². The number of carbonyl (C=O) groups is 3. The van der Waals surface area contributed by atoms with Gasteiger partial charge in [0.25, 0.3) is 5.91 Å². The smallest absolute Gasteiger partial charge is 0.253 e. The molecule has 3 aliphatic rings. The van der Waals surface area contributed by atoms with Crippen LogP contribution in [0.1, 0.15) is 31.4 Å². The number of hydrogen-bond donors (Lipinski definition) is 1. The summed E-state index contributed by atoms with van der Waals surface area (Å²) in [4.78, 5) is 48.3. The molecule has 3 heterocycles. The van der Waals surface area contributed by atoms with Gasteiger partial charge in [-0.05, 0) is 75.6 Å². The number of nitrogens with zero attached hydrogens (tertiary/aromatic N) is 3. The van der Waals surface area contributed by atoms with Crippen molar-refractivity contribution in [3.63, 3.8) is 0 Å². The Morgan fingerprint density at radius 1 is 1.13 bits per heavy atom. The fourth-order valence-electron chi connectivity index (χ4n) is 7.31. The summed E-state index contributed by atoms with van der Waals surface area (Å²) in [7, 11) is 0. The monoisotopic (exact) mass is 679 g/mol. The van der Waals surface area contributed by atoms with Gasteiger partial charge in [0.15, 0.2) is 0 Å². The van der Waals surface area contributed by atoms with Gasteiger partial charge < -0.3 is 29.3 Å². The van der Waals surface area contributed by atoms with Crippen LogP contribution in [0.3, 0.4) is 0 Å². The molecule has 2 bridgehead atoms. The van der Waals surface area contributed by atoms with E-state index in [9.17, 15) is 19.5 Å². The third-order valence-electron chi connectivity index (χ3n) is 9.26. The van der Waals surface area contributed by atoms with Crippen molar-refractivity contribution in [2.24, 2.45) is 11.8 Å². The highest BCUT2D eigenvalue weighted by Crippen LogP contribution is 2.61. The molecule has 45 heavy (non-hydrogen) atoms. The fourth-order valence-corrected chi connectivity index (χ4v) is 8.25. The number of aliphatic hydroxyl groups is 1. The topological polar surface area (TPSA) is 99.6 Å². The van der Waals surface area contributed by atoms with Crippen molar-refractivity contribution in [1.29, 1.82) is 0 Å². The van der Waals surface area contributed by atoms with Crippen LogP contribution in [0.2, 0.25) is 0 Å². The number of benzene rings is 2. The van der Waals surface area contributed by atoms with Crippen LogP contribution in [0.5, 0.6) is 5.75 Å². The van der Waals surface area contributed by atoms with Crippen LogP contribution in [0, 0.1) is 25.7 Å². The number of aryl methyl sites for hydroxylation is 2. The van der Waals surface area contributed by atoms with Crippen LogP contribution in [-0.2, 0) is 19.1 Å². The molecule has 0 aliphatic carbocycles. The quantitative estimate of drug-likeness (QED) is 0.261. The van der Waals surface area contributed by atoms with Crippen LogP contribution in [0.15, 0.2) is 67.8 Å². The van der Waals surface area contributed by atoms with E-state index in [0.29, 0.717) is 30.2 Å². The van der Waals surface area contributed by atoms with Crippen molar-refractivity contribution in [3.05, 3.63) is 78.9 Å². The largest absolute Gasteiger partial charge is 0.494 e. The first-order valence-corrected chi connectivity index (χ1v) is 16.4. The lowest BCUT2D eigenvalue weighted by atomic mass is 9.70. The number of aliphatic hydroxyl groups excluding tert-OH is 1. The summed E-state index contributed by atoms with van der Waals surface area (Å²) < 4.78 is 12.3. The zero-order chi connectivity index (χ0) is 32.6. The molecule has 10 heteroatoms. The van der Waals surface area contributed by atoms with Gasteiger partial charge in [-0.3, -0.25) is 14.4 Å². The van der Waals surface area contributed by atoms with Crippen molar-refractivity contribution < 1.29 is 29.0 Å². The van der Waals surface area contributed by atoms with E-state index in [1.54, 1.807) is 41.0 Å². The minimum Gasteiger partial charge on any atom is -0.494 e. The predicted molar refractivity (Wildman–Crippen MR) is 178 cm³/mol. The number of ether oxygens (including phenoxy) is 2. The lowest BCUT2D eigenvalue weighted by Gasteiger charge is -2.39. The zero-order valence-corrected chi connectivity index (χ0v) is 27.9. The first-order chi connectivity index (χ1) is 21.5. The molecule has 3 saturated heterocycles. The maximum atomic E-state index is 14.8. The molecule has 3 fully saturated rings. The summed E-state index contributed by atoms with van der Waals surface area (Å²) in [5.74, 6) is -2.06. The van der Waals surface area contributed by atoms with E-state index in [0.717, 1.165) is 11.1 Å². The number of amides is 3. The molecule has 3 unspecified atom stereocenters. The minimum absolute atomic E-state index is 0.213. The average Bonchev–Trinajstić information content (AvgIpc) is 3.62. The van der Waals surface area contributed by atoms with Crippen LogP contribution in [-0.4, -0.2) is 82.6 Å². The third kappa shape index (κ3) is 5.51. The fraction of sp³-hybridized carbons (Fsp3) is 0.457. The highest BCUT2D eigenvalue weighted by atomic mass is 79.9. The zero-order valence-electron chi connectivity index (χ0n) is 26.3. The molecule has 5 rings (SSSR count). The first-order valence-electron chi connectivity index (χ1n) is 15.4. The van der Waals surface area contributed by atoms with Crippen molar-refractivity contribution in [1.82, 2.24) is 4.90 Å². The van der Waals surface area contributed by atoms with Crippen LogP contribution in [0.25, 0.3) is 0 Å². The van der Waals surface area contributed by atoms with Crippen LogP contribution >= 0.6 is 15.9 Å². The number of anilines is 2. The Morgan fingerprint density at radius 2 is 1.80 bits per heavy atom. The summed E-state index contributed by atoms with van der Waals surface area (Å²) in [6.07, 6.45) is 3.03. The Kier molecular flexibility index (Phi) is 9.58. The number of hydrogen-bond acceptors (Lipinski definition) is 6. The van der Waals surface area contributed by atoms with E-state index >= 15 is 0 Å². The molecule has 0 saturated carbocycles. The Morgan fingerprint density at radius 3 is 2.42 bits per heavy atom. The number of halogens is 1. The van der Waals surface area contributed by atoms with Gasteiger partial charge in [-0.25, -0.2) is 0 Å². The van der Waals surface area contributed by atoms with Gasteiger partial charge in [0.1, 0.15) is 17.4 Å². The molecular weight excluding hydrogens is 638 g/mol. The highest BCUT2D eigenvalue weighted by molar-refractivity contribution is 9.09.